The number of carbonyl (C=O) groups is 2. The molecule has 1 aliphatic heterocycles. The Hall–Kier alpha value is -2.54. The van der Waals surface area contributed by atoms with Gasteiger partial charge in [0, 0.05) is 48.0 Å². The van der Waals surface area contributed by atoms with Gasteiger partial charge in [0.25, 0.3) is 0 Å². The number of carboxylic acid groups (broad SMARTS) is 1. The standard InChI is InChI=1S/C23H32N2O5/c1-22(2,3)19-18(15-9-7-8-10-17(15)25(19)20(27)28)16-12-24(11-14(16)13-26)21(29)30-23(4,5)6/h7-10,14,16,26H,11-13H2,1-6H3,(H,27,28). The van der Waals surface area contributed by atoms with Crippen molar-refractivity contribution in [1.29, 1.82) is 0 Å². The summed E-state index contributed by atoms with van der Waals surface area (Å²) in [6, 6.07) is 7.43. The molecule has 1 amide bonds. The number of nitrogens with zero attached hydrogens (tertiary/aromatic N) is 2. The number of aliphatic hydroxyl groups is 1. The number of aromatic nitrogens is 1. The number of hydrogen-bond donors (Lipinski definition) is 2. The summed E-state index contributed by atoms with van der Waals surface area (Å²) in [6.07, 6.45) is -1.45. The number of carbonyl (C=O) groups excluding carboxylic acids is 1. The van der Waals surface area contributed by atoms with Crippen molar-refractivity contribution < 1.29 is 24.5 Å². The van der Waals surface area contributed by atoms with Crippen LogP contribution >= 0.6 is 0 Å². The lowest BCUT2D eigenvalue weighted by Crippen LogP contribution is -2.35. The van der Waals surface area contributed by atoms with Gasteiger partial charge in [-0.3, -0.25) is 0 Å². The summed E-state index contributed by atoms with van der Waals surface area (Å²) in [5, 5.41) is 21.0. The second-order valence-electron chi connectivity index (χ2n) is 10.1. The van der Waals surface area contributed by atoms with Gasteiger partial charge in [0.15, 0.2) is 0 Å². The second kappa shape index (κ2) is 7.61. The lowest BCUT2D eigenvalue weighted by molar-refractivity contribution is 0.0283. The van der Waals surface area contributed by atoms with Crippen LogP contribution in [0.1, 0.15) is 58.7 Å². The number of ether oxygens (including phenoxy) is 1. The van der Waals surface area contributed by atoms with Gasteiger partial charge in [-0.25, -0.2) is 14.2 Å². The summed E-state index contributed by atoms with van der Waals surface area (Å²) < 4.78 is 6.89. The Morgan fingerprint density at radius 1 is 1.10 bits per heavy atom. The highest BCUT2D eigenvalue weighted by molar-refractivity contribution is 5.94. The van der Waals surface area contributed by atoms with Crippen molar-refractivity contribution in [3.63, 3.8) is 0 Å². The van der Waals surface area contributed by atoms with Crippen molar-refractivity contribution in [1.82, 2.24) is 9.47 Å². The zero-order valence-electron chi connectivity index (χ0n) is 18.6. The average Bonchev–Trinajstić information content (AvgIpc) is 3.18. The Morgan fingerprint density at radius 3 is 2.27 bits per heavy atom. The molecule has 164 valence electrons. The van der Waals surface area contributed by atoms with E-state index in [1.54, 1.807) is 11.0 Å². The van der Waals surface area contributed by atoms with Gasteiger partial charge in [0.2, 0.25) is 0 Å². The molecule has 0 radical (unpaired) electrons. The van der Waals surface area contributed by atoms with Gasteiger partial charge in [-0.15, -0.1) is 0 Å². The third kappa shape index (κ3) is 4.03. The molecule has 0 bridgehead atoms. The fourth-order valence-corrected chi connectivity index (χ4v) is 4.44. The first-order valence-electron chi connectivity index (χ1n) is 10.3. The Labute approximate surface area is 177 Å². The van der Waals surface area contributed by atoms with E-state index in [0.717, 1.165) is 10.9 Å². The SMILES string of the molecule is CC(C)(C)OC(=O)N1CC(CO)C(c2c(C(C)(C)C)n(C(=O)O)c3ccccc23)C1. The Morgan fingerprint density at radius 2 is 1.73 bits per heavy atom. The van der Waals surface area contributed by atoms with E-state index in [1.165, 1.54) is 4.57 Å². The maximum absolute atomic E-state index is 12.7. The van der Waals surface area contributed by atoms with Crippen LogP contribution in [0.25, 0.3) is 10.9 Å². The van der Waals surface area contributed by atoms with Crippen molar-refractivity contribution in [2.75, 3.05) is 19.7 Å². The molecule has 1 fully saturated rings. The third-order valence-electron chi connectivity index (χ3n) is 5.51. The van der Waals surface area contributed by atoms with Crippen LogP contribution in [0.15, 0.2) is 24.3 Å². The summed E-state index contributed by atoms with van der Waals surface area (Å²) in [6.45, 7) is 12.1. The van der Waals surface area contributed by atoms with Crippen LogP contribution in [0.2, 0.25) is 0 Å². The predicted octanol–water partition coefficient (Wildman–Crippen LogP) is 4.41. The Kier molecular flexibility index (Phi) is 5.62. The van der Waals surface area contributed by atoms with Gasteiger partial charge in [0.1, 0.15) is 5.60 Å². The minimum atomic E-state index is -1.04. The van der Waals surface area contributed by atoms with Crippen LogP contribution in [0.4, 0.5) is 9.59 Å². The molecule has 30 heavy (non-hydrogen) atoms. The van der Waals surface area contributed by atoms with Gasteiger partial charge < -0.3 is 19.8 Å². The molecular weight excluding hydrogens is 384 g/mol. The molecule has 1 aromatic carbocycles. The zero-order valence-corrected chi connectivity index (χ0v) is 18.6. The van der Waals surface area contributed by atoms with Crippen molar-refractivity contribution in [2.45, 2.75) is 58.5 Å². The van der Waals surface area contributed by atoms with Gasteiger partial charge in [-0.2, -0.15) is 0 Å². The third-order valence-corrected chi connectivity index (χ3v) is 5.51. The van der Waals surface area contributed by atoms with Crippen molar-refractivity contribution >= 4 is 23.1 Å². The van der Waals surface area contributed by atoms with E-state index in [-0.39, 0.29) is 18.4 Å². The van der Waals surface area contributed by atoms with E-state index in [0.29, 0.717) is 24.3 Å². The fourth-order valence-electron chi connectivity index (χ4n) is 4.44. The van der Waals surface area contributed by atoms with E-state index < -0.39 is 23.2 Å². The van der Waals surface area contributed by atoms with Crippen molar-refractivity contribution in [3.8, 4) is 0 Å². The summed E-state index contributed by atoms with van der Waals surface area (Å²) >= 11 is 0. The van der Waals surface area contributed by atoms with E-state index in [1.807, 2.05) is 59.7 Å². The monoisotopic (exact) mass is 416 g/mol. The summed E-state index contributed by atoms with van der Waals surface area (Å²) in [4.78, 5) is 26.5. The smallest absolute Gasteiger partial charge is 0.416 e. The number of amides is 1. The number of hydrogen-bond acceptors (Lipinski definition) is 4. The van der Waals surface area contributed by atoms with E-state index >= 15 is 0 Å². The Balaban J connectivity index is 2.16. The summed E-state index contributed by atoms with van der Waals surface area (Å²) in [7, 11) is 0. The molecule has 1 aliphatic rings. The summed E-state index contributed by atoms with van der Waals surface area (Å²) in [5.74, 6) is -0.395. The quantitative estimate of drug-likeness (QED) is 0.757. The van der Waals surface area contributed by atoms with Crippen LogP contribution in [-0.4, -0.2) is 57.2 Å². The molecular formula is C23H32N2O5. The fraction of sp³-hybridized carbons (Fsp3) is 0.565. The topological polar surface area (TPSA) is 92.0 Å². The van der Waals surface area contributed by atoms with Crippen LogP contribution in [0.3, 0.4) is 0 Å². The van der Waals surface area contributed by atoms with Crippen LogP contribution in [-0.2, 0) is 10.2 Å². The van der Waals surface area contributed by atoms with Gasteiger partial charge >= 0.3 is 12.2 Å². The number of para-hydroxylation sites is 1. The first kappa shape index (κ1) is 22.2. The van der Waals surface area contributed by atoms with Gasteiger partial charge in [-0.05, 0) is 32.4 Å². The van der Waals surface area contributed by atoms with Crippen LogP contribution in [0, 0.1) is 5.92 Å². The minimum absolute atomic E-state index is 0.0971. The average molecular weight is 417 g/mol. The number of likely N-dealkylation sites (tertiary alicyclic amines) is 1. The summed E-state index contributed by atoms with van der Waals surface area (Å²) in [5.41, 5.74) is 1.15. The molecule has 2 heterocycles. The van der Waals surface area contributed by atoms with Gasteiger partial charge in [0.05, 0.1) is 5.52 Å². The first-order chi connectivity index (χ1) is 13.8. The molecule has 2 unspecified atom stereocenters. The molecule has 7 nitrogen and oxygen atoms in total. The molecule has 2 atom stereocenters. The molecule has 0 aliphatic carbocycles. The maximum Gasteiger partial charge on any atom is 0.416 e. The van der Waals surface area contributed by atoms with E-state index in [9.17, 15) is 19.8 Å². The predicted molar refractivity (Wildman–Crippen MR) is 115 cm³/mol. The number of rotatable bonds is 2. The molecule has 1 saturated heterocycles. The molecule has 0 saturated carbocycles. The maximum atomic E-state index is 12.7. The first-order valence-corrected chi connectivity index (χ1v) is 10.3. The van der Waals surface area contributed by atoms with Crippen LogP contribution < -0.4 is 0 Å². The Bertz CT molecular complexity index is 964. The largest absolute Gasteiger partial charge is 0.464 e. The highest BCUT2D eigenvalue weighted by Crippen LogP contribution is 2.44. The molecule has 2 N–H and O–H groups in total. The molecule has 2 aromatic rings. The number of benzene rings is 1. The highest BCUT2D eigenvalue weighted by Gasteiger charge is 2.42. The lowest BCUT2D eigenvalue weighted by atomic mass is 9.80. The number of fused-ring (bicyclic) bond motifs is 1. The van der Waals surface area contributed by atoms with Crippen LogP contribution in [0.5, 0.6) is 0 Å². The van der Waals surface area contributed by atoms with E-state index in [4.69, 9.17) is 4.74 Å². The lowest BCUT2D eigenvalue weighted by Gasteiger charge is -2.26. The minimum Gasteiger partial charge on any atom is -0.464 e. The second-order valence-corrected chi connectivity index (χ2v) is 10.1. The molecule has 0 spiro atoms. The van der Waals surface area contributed by atoms with E-state index in [2.05, 4.69) is 0 Å². The molecule has 7 heteroatoms. The molecule has 1 aromatic heterocycles. The highest BCUT2D eigenvalue weighted by atomic mass is 16.6. The van der Waals surface area contributed by atoms with Gasteiger partial charge in [-0.1, -0.05) is 39.0 Å². The normalized spacial score (nSPS) is 20.0. The number of aliphatic hydroxyl groups excluding tert-OH is 1. The zero-order chi connectivity index (χ0) is 22.4. The molecule has 3 rings (SSSR count). The van der Waals surface area contributed by atoms with Crippen molar-refractivity contribution in [2.24, 2.45) is 5.92 Å². The van der Waals surface area contributed by atoms with Crippen molar-refractivity contribution in [3.05, 3.63) is 35.5 Å².